The van der Waals surface area contributed by atoms with Gasteiger partial charge in [-0.25, -0.2) is 4.98 Å². The quantitative estimate of drug-likeness (QED) is 0.600. The van der Waals surface area contributed by atoms with Crippen molar-refractivity contribution in [1.82, 2.24) is 4.98 Å². The van der Waals surface area contributed by atoms with Gasteiger partial charge in [0, 0.05) is 5.56 Å². The fourth-order valence-electron chi connectivity index (χ4n) is 2.19. The lowest BCUT2D eigenvalue weighted by molar-refractivity contribution is -0.141. The van der Waals surface area contributed by atoms with Gasteiger partial charge in [0.1, 0.15) is 4.88 Å². The molecule has 112 valence electrons. The predicted octanol–water partition coefficient (Wildman–Crippen LogP) is 5.20. The van der Waals surface area contributed by atoms with Crippen LogP contribution in [0, 0.1) is 0 Å². The number of ketones is 1. The maximum absolute atomic E-state index is 13.0. The molecule has 0 unspecified atom stereocenters. The summed E-state index contributed by atoms with van der Waals surface area (Å²) in [5.41, 5.74) is -1.04. The van der Waals surface area contributed by atoms with Gasteiger partial charge in [0.05, 0.1) is 0 Å². The van der Waals surface area contributed by atoms with E-state index in [0.717, 1.165) is 5.39 Å². The summed E-state index contributed by atoms with van der Waals surface area (Å²) in [7, 11) is 0. The lowest BCUT2D eigenvalue weighted by Gasteiger charge is -2.07. The van der Waals surface area contributed by atoms with E-state index in [2.05, 4.69) is 4.98 Å². The second-order valence-electron chi connectivity index (χ2n) is 4.50. The van der Waals surface area contributed by atoms with Gasteiger partial charge in [-0.2, -0.15) is 13.2 Å². The van der Waals surface area contributed by atoms with Crippen molar-refractivity contribution in [2.24, 2.45) is 0 Å². The second kappa shape index (κ2) is 5.37. The third kappa shape index (κ3) is 2.60. The molecule has 0 aliphatic carbocycles. The monoisotopic (exact) mass is 341 g/mol. The zero-order valence-electron chi connectivity index (χ0n) is 10.8. The fraction of sp³-hybridized carbons (Fsp3) is 0.0667. The SMILES string of the molecule is O=C(c1sc(Cl)nc1C(F)(F)F)c1cccc2ccccc12. The largest absolute Gasteiger partial charge is 0.434 e. The molecule has 22 heavy (non-hydrogen) atoms. The zero-order chi connectivity index (χ0) is 15.9. The number of hydrogen-bond donors (Lipinski definition) is 0. The molecule has 0 atom stereocenters. The minimum atomic E-state index is -4.72. The van der Waals surface area contributed by atoms with Crippen LogP contribution in [0.2, 0.25) is 4.47 Å². The lowest BCUT2D eigenvalue weighted by Crippen LogP contribution is -2.12. The summed E-state index contributed by atoms with van der Waals surface area (Å²) < 4.78 is 38.6. The highest BCUT2D eigenvalue weighted by Crippen LogP contribution is 2.37. The van der Waals surface area contributed by atoms with Crippen molar-refractivity contribution in [3.05, 3.63) is 63.1 Å². The summed E-state index contributed by atoms with van der Waals surface area (Å²) in [4.78, 5) is 15.3. The topological polar surface area (TPSA) is 30.0 Å². The molecule has 1 heterocycles. The van der Waals surface area contributed by atoms with Crippen LogP contribution in [0.3, 0.4) is 0 Å². The Bertz CT molecular complexity index is 867. The molecular formula is C15H7ClF3NOS. The van der Waals surface area contributed by atoms with Crippen molar-refractivity contribution in [2.45, 2.75) is 6.18 Å². The molecule has 0 radical (unpaired) electrons. The molecule has 0 amide bonds. The van der Waals surface area contributed by atoms with E-state index in [1.807, 2.05) is 0 Å². The van der Waals surface area contributed by atoms with Crippen LogP contribution in [0.25, 0.3) is 10.8 Å². The highest BCUT2D eigenvalue weighted by Gasteiger charge is 2.39. The van der Waals surface area contributed by atoms with Crippen LogP contribution in [-0.4, -0.2) is 10.8 Å². The summed E-state index contributed by atoms with van der Waals surface area (Å²) in [6.07, 6.45) is -4.72. The summed E-state index contributed by atoms with van der Waals surface area (Å²) >= 11 is 6.11. The Hall–Kier alpha value is -1.92. The molecule has 7 heteroatoms. The number of hydrogen-bond acceptors (Lipinski definition) is 3. The molecule has 0 aliphatic rings. The highest BCUT2D eigenvalue weighted by molar-refractivity contribution is 7.17. The third-order valence-electron chi connectivity index (χ3n) is 3.11. The number of aromatic nitrogens is 1. The molecule has 0 saturated heterocycles. The molecule has 3 aromatic rings. The van der Waals surface area contributed by atoms with Crippen molar-refractivity contribution in [2.75, 3.05) is 0 Å². The van der Waals surface area contributed by atoms with Crippen LogP contribution in [0.4, 0.5) is 13.2 Å². The Morgan fingerprint density at radius 1 is 1.09 bits per heavy atom. The van der Waals surface area contributed by atoms with Gasteiger partial charge < -0.3 is 0 Å². The first kappa shape index (κ1) is 15.0. The third-order valence-corrected chi connectivity index (χ3v) is 4.27. The fourth-order valence-corrected chi connectivity index (χ4v) is 3.27. The lowest BCUT2D eigenvalue weighted by atomic mass is 10.00. The van der Waals surface area contributed by atoms with Gasteiger partial charge in [-0.1, -0.05) is 65.4 Å². The highest BCUT2D eigenvalue weighted by atomic mass is 35.5. The van der Waals surface area contributed by atoms with E-state index in [0.29, 0.717) is 16.7 Å². The van der Waals surface area contributed by atoms with E-state index in [1.54, 1.807) is 36.4 Å². The first-order chi connectivity index (χ1) is 10.4. The van der Waals surface area contributed by atoms with Crippen molar-refractivity contribution in [1.29, 1.82) is 0 Å². The van der Waals surface area contributed by atoms with E-state index < -0.39 is 22.5 Å². The normalized spacial score (nSPS) is 11.8. The number of halogens is 4. The average molecular weight is 342 g/mol. The molecule has 0 fully saturated rings. The van der Waals surface area contributed by atoms with Crippen molar-refractivity contribution in [3.8, 4) is 0 Å². The van der Waals surface area contributed by atoms with Crippen LogP contribution in [0.15, 0.2) is 42.5 Å². The first-order valence-electron chi connectivity index (χ1n) is 6.14. The van der Waals surface area contributed by atoms with Gasteiger partial charge in [-0.3, -0.25) is 4.79 Å². The van der Waals surface area contributed by atoms with Gasteiger partial charge in [-0.15, -0.1) is 0 Å². The van der Waals surface area contributed by atoms with Gasteiger partial charge in [0.2, 0.25) is 5.78 Å². The molecule has 3 rings (SSSR count). The molecule has 0 spiro atoms. The minimum Gasteiger partial charge on any atom is -0.288 e. The van der Waals surface area contributed by atoms with Gasteiger partial charge in [0.15, 0.2) is 10.2 Å². The second-order valence-corrected chi connectivity index (χ2v) is 6.08. The molecular weight excluding hydrogens is 335 g/mol. The van der Waals surface area contributed by atoms with E-state index in [4.69, 9.17) is 11.6 Å². The van der Waals surface area contributed by atoms with E-state index >= 15 is 0 Å². The Kier molecular flexibility index (Phi) is 3.66. The molecule has 0 bridgehead atoms. The summed E-state index contributed by atoms with van der Waals surface area (Å²) in [5, 5.41) is 1.37. The van der Waals surface area contributed by atoms with Crippen LogP contribution in [-0.2, 0) is 6.18 Å². The Morgan fingerprint density at radius 2 is 1.77 bits per heavy atom. The van der Waals surface area contributed by atoms with Gasteiger partial charge in [-0.05, 0) is 10.8 Å². The molecule has 0 saturated carbocycles. The number of carbonyl (C=O) groups excluding carboxylic acids is 1. The number of carbonyl (C=O) groups is 1. The van der Waals surface area contributed by atoms with Crippen LogP contribution in [0.1, 0.15) is 20.9 Å². The Balaban J connectivity index is 2.19. The Morgan fingerprint density at radius 3 is 2.50 bits per heavy atom. The molecule has 0 aliphatic heterocycles. The first-order valence-corrected chi connectivity index (χ1v) is 7.33. The standard InChI is InChI=1S/C15H7ClF3NOS/c16-14-20-13(15(17,18)19)12(22-14)11(21)10-7-3-5-8-4-1-2-6-9(8)10/h1-7H. The summed E-state index contributed by atoms with van der Waals surface area (Å²) in [6.45, 7) is 0. The van der Waals surface area contributed by atoms with Crippen LogP contribution in [0.5, 0.6) is 0 Å². The predicted molar refractivity (Wildman–Crippen MR) is 79.5 cm³/mol. The molecule has 1 aromatic heterocycles. The van der Waals surface area contributed by atoms with Gasteiger partial charge in [0.25, 0.3) is 0 Å². The summed E-state index contributed by atoms with van der Waals surface area (Å²) in [6, 6.07) is 11.9. The van der Waals surface area contributed by atoms with E-state index in [1.165, 1.54) is 6.07 Å². The number of thiazole rings is 1. The average Bonchev–Trinajstić information content (AvgIpc) is 2.88. The number of rotatable bonds is 2. The number of alkyl halides is 3. The van der Waals surface area contributed by atoms with E-state index in [-0.39, 0.29) is 10.0 Å². The molecule has 0 N–H and O–H groups in total. The van der Waals surface area contributed by atoms with Crippen molar-refractivity contribution < 1.29 is 18.0 Å². The van der Waals surface area contributed by atoms with Gasteiger partial charge >= 0.3 is 6.18 Å². The van der Waals surface area contributed by atoms with Crippen molar-refractivity contribution in [3.63, 3.8) is 0 Å². The summed E-state index contributed by atoms with van der Waals surface area (Å²) in [5.74, 6) is -0.728. The zero-order valence-corrected chi connectivity index (χ0v) is 12.4. The maximum Gasteiger partial charge on any atom is 0.434 e. The Labute approximate surface area is 132 Å². The van der Waals surface area contributed by atoms with Crippen molar-refractivity contribution >= 4 is 39.5 Å². The van der Waals surface area contributed by atoms with E-state index in [9.17, 15) is 18.0 Å². The maximum atomic E-state index is 13.0. The number of nitrogens with zero attached hydrogens (tertiary/aromatic N) is 1. The van der Waals surface area contributed by atoms with Crippen LogP contribution < -0.4 is 0 Å². The molecule has 2 aromatic carbocycles. The number of benzene rings is 2. The van der Waals surface area contributed by atoms with Crippen LogP contribution >= 0.6 is 22.9 Å². The number of fused-ring (bicyclic) bond motifs is 1. The molecule has 2 nitrogen and oxygen atoms in total. The smallest absolute Gasteiger partial charge is 0.288 e. The minimum absolute atomic E-state index is 0.198.